The van der Waals surface area contributed by atoms with Crippen LogP contribution in [0.3, 0.4) is 0 Å². The summed E-state index contributed by atoms with van der Waals surface area (Å²) in [6, 6.07) is 4.27. The van der Waals surface area contributed by atoms with Gasteiger partial charge in [-0.3, -0.25) is 9.59 Å². The van der Waals surface area contributed by atoms with E-state index in [0.717, 1.165) is 0 Å². The second kappa shape index (κ2) is 6.88. The van der Waals surface area contributed by atoms with Gasteiger partial charge in [0.05, 0.1) is 26.7 Å². The molecule has 110 valence electrons. The highest BCUT2D eigenvalue weighted by Crippen LogP contribution is 2.26. The summed E-state index contributed by atoms with van der Waals surface area (Å²) in [5, 5.41) is 19.8. The Morgan fingerprint density at radius 2 is 1.95 bits per heavy atom. The Bertz CT molecular complexity index is 502. The summed E-state index contributed by atoms with van der Waals surface area (Å²) in [5.74, 6) is -1.06. The molecular formula is C13H17NO6. The average Bonchev–Trinajstić information content (AvgIpc) is 2.45. The first-order valence-corrected chi connectivity index (χ1v) is 5.81. The third-order valence-electron chi connectivity index (χ3n) is 2.81. The van der Waals surface area contributed by atoms with E-state index in [2.05, 4.69) is 4.74 Å². The fourth-order valence-corrected chi connectivity index (χ4v) is 1.71. The van der Waals surface area contributed by atoms with Crippen LogP contribution in [0.1, 0.15) is 28.4 Å². The number of carbonyl (C=O) groups is 2. The second-order valence-electron chi connectivity index (χ2n) is 4.11. The van der Waals surface area contributed by atoms with E-state index < -0.39 is 30.5 Å². The van der Waals surface area contributed by atoms with Gasteiger partial charge in [-0.05, 0) is 17.7 Å². The van der Waals surface area contributed by atoms with Crippen LogP contribution < -0.4 is 10.5 Å². The van der Waals surface area contributed by atoms with E-state index in [0.29, 0.717) is 5.75 Å². The summed E-state index contributed by atoms with van der Waals surface area (Å²) in [7, 11) is 2.59. The number of nitrogens with two attached hydrogens (primary N) is 1. The van der Waals surface area contributed by atoms with E-state index in [-0.39, 0.29) is 11.1 Å². The first kappa shape index (κ1) is 15.9. The highest BCUT2D eigenvalue weighted by molar-refractivity contribution is 5.95. The van der Waals surface area contributed by atoms with Crippen LogP contribution in [0.4, 0.5) is 0 Å². The zero-order chi connectivity index (χ0) is 15.3. The first-order valence-electron chi connectivity index (χ1n) is 5.81. The lowest BCUT2D eigenvalue weighted by atomic mass is 9.96. The molecule has 1 rings (SSSR count). The smallest absolute Gasteiger partial charge is 0.308 e. The fraction of sp³-hybridized carbons (Fsp3) is 0.385. The van der Waals surface area contributed by atoms with Crippen molar-refractivity contribution in [3.8, 4) is 5.75 Å². The Hall–Kier alpha value is -2.12. The molecule has 7 nitrogen and oxygen atoms in total. The molecule has 0 saturated heterocycles. The molecule has 0 bridgehead atoms. The molecule has 0 fully saturated rings. The largest absolute Gasteiger partial charge is 0.497 e. The van der Waals surface area contributed by atoms with E-state index in [4.69, 9.17) is 10.5 Å². The topological polar surface area (TPSA) is 119 Å². The molecule has 0 radical (unpaired) electrons. The van der Waals surface area contributed by atoms with E-state index in [1.54, 1.807) is 0 Å². The van der Waals surface area contributed by atoms with E-state index in [9.17, 15) is 19.8 Å². The van der Waals surface area contributed by atoms with Gasteiger partial charge in [-0.2, -0.15) is 0 Å². The van der Waals surface area contributed by atoms with Gasteiger partial charge >= 0.3 is 5.97 Å². The Morgan fingerprint density at radius 3 is 2.45 bits per heavy atom. The zero-order valence-electron chi connectivity index (χ0n) is 11.2. The van der Waals surface area contributed by atoms with Crippen molar-refractivity contribution >= 4 is 11.9 Å². The number of hydrogen-bond acceptors (Lipinski definition) is 6. The quantitative estimate of drug-likeness (QED) is 0.619. The third-order valence-corrected chi connectivity index (χ3v) is 2.81. The lowest BCUT2D eigenvalue weighted by molar-refractivity contribution is -0.144. The van der Waals surface area contributed by atoms with Crippen molar-refractivity contribution in [2.24, 2.45) is 5.73 Å². The van der Waals surface area contributed by atoms with E-state index in [1.807, 2.05) is 0 Å². The normalized spacial score (nSPS) is 13.4. The van der Waals surface area contributed by atoms with Crippen LogP contribution in [0.5, 0.6) is 5.75 Å². The van der Waals surface area contributed by atoms with Crippen LogP contribution in [0, 0.1) is 0 Å². The van der Waals surface area contributed by atoms with Gasteiger partial charge in [0.15, 0.2) is 0 Å². The zero-order valence-corrected chi connectivity index (χ0v) is 11.2. The number of hydrogen-bond donors (Lipinski definition) is 3. The van der Waals surface area contributed by atoms with Crippen molar-refractivity contribution in [3.05, 3.63) is 29.3 Å². The van der Waals surface area contributed by atoms with Crippen LogP contribution in [-0.4, -0.2) is 42.4 Å². The molecule has 2 atom stereocenters. The predicted molar refractivity (Wildman–Crippen MR) is 69.1 cm³/mol. The average molecular weight is 283 g/mol. The van der Waals surface area contributed by atoms with Crippen LogP contribution in [0.25, 0.3) is 0 Å². The summed E-state index contributed by atoms with van der Waals surface area (Å²) < 4.78 is 9.36. The summed E-state index contributed by atoms with van der Waals surface area (Å²) in [5.41, 5.74) is 5.36. The van der Waals surface area contributed by atoms with Gasteiger partial charge in [0.25, 0.3) is 0 Å². The number of aliphatic hydroxyl groups is 2. The summed E-state index contributed by atoms with van der Waals surface area (Å²) in [4.78, 5) is 22.4. The Labute approximate surface area is 115 Å². The van der Waals surface area contributed by atoms with Gasteiger partial charge in [-0.1, -0.05) is 6.07 Å². The first-order chi connectivity index (χ1) is 9.40. The summed E-state index contributed by atoms with van der Waals surface area (Å²) >= 11 is 0. The molecule has 1 aromatic rings. The number of ether oxygens (including phenoxy) is 2. The molecule has 0 aliphatic rings. The van der Waals surface area contributed by atoms with Crippen LogP contribution in [-0.2, 0) is 9.53 Å². The van der Waals surface area contributed by atoms with Crippen molar-refractivity contribution in [1.82, 2.24) is 0 Å². The number of esters is 1. The molecule has 0 saturated carbocycles. The molecule has 0 aliphatic carbocycles. The maximum Gasteiger partial charge on any atom is 0.308 e. The van der Waals surface area contributed by atoms with Gasteiger partial charge in [-0.25, -0.2) is 0 Å². The predicted octanol–water partition coefficient (Wildman–Crippen LogP) is -0.248. The SMILES string of the molecule is COC(=O)CC(O)C(O)c1ccc(OC)cc1C(N)=O. The molecule has 4 N–H and O–H groups in total. The molecule has 7 heteroatoms. The number of benzene rings is 1. The van der Waals surface area contributed by atoms with Gasteiger partial charge in [0, 0.05) is 5.56 Å². The van der Waals surface area contributed by atoms with Crippen LogP contribution in [0.2, 0.25) is 0 Å². The molecule has 0 aromatic heterocycles. The second-order valence-corrected chi connectivity index (χ2v) is 4.11. The van der Waals surface area contributed by atoms with Gasteiger partial charge < -0.3 is 25.4 Å². The molecule has 20 heavy (non-hydrogen) atoms. The van der Waals surface area contributed by atoms with Crippen molar-refractivity contribution in [3.63, 3.8) is 0 Å². The summed E-state index contributed by atoms with van der Waals surface area (Å²) in [6.07, 6.45) is -3.25. The maximum absolute atomic E-state index is 11.4. The highest BCUT2D eigenvalue weighted by atomic mass is 16.5. The number of methoxy groups -OCH3 is 2. The molecular weight excluding hydrogens is 266 g/mol. The minimum absolute atomic E-state index is 0.0146. The van der Waals surface area contributed by atoms with Gasteiger partial charge in [-0.15, -0.1) is 0 Å². The monoisotopic (exact) mass is 283 g/mol. The molecule has 0 aliphatic heterocycles. The lowest BCUT2D eigenvalue weighted by Crippen LogP contribution is -2.25. The Kier molecular flexibility index (Phi) is 5.48. The molecule has 0 heterocycles. The number of rotatable bonds is 6. The number of amides is 1. The fourth-order valence-electron chi connectivity index (χ4n) is 1.71. The minimum atomic E-state index is -1.44. The minimum Gasteiger partial charge on any atom is -0.497 e. The summed E-state index contributed by atoms with van der Waals surface area (Å²) in [6.45, 7) is 0. The molecule has 0 spiro atoms. The Balaban J connectivity index is 3.05. The Morgan fingerprint density at radius 1 is 1.30 bits per heavy atom. The maximum atomic E-state index is 11.4. The number of aliphatic hydroxyl groups excluding tert-OH is 2. The number of primary amides is 1. The number of carbonyl (C=O) groups excluding carboxylic acids is 2. The molecule has 1 amide bonds. The van der Waals surface area contributed by atoms with Crippen molar-refractivity contribution < 1.29 is 29.3 Å². The van der Waals surface area contributed by atoms with Crippen molar-refractivity contribution in [2.75, 3.05) is 14.2 Å². The van der Waals surface area contributed by atoms with Crippen molar-refractivity contribution in [2.45, 2.75) is 18.6 Å². The van der Waals surface area contributed by atoms with Crippen LogP contribution >= 0.6 is 0 Å². The van der Waals surface area contributed by atoms with E-state index >= 15 is 0 Å². The van der Waals surface area contributed by atoms with Crippen LogP contribution in [0.15, 0.2) is 18.2 Å². The molecule has 1 aromatic carbocycles. The van der Waals surface area contributed by atoms with E-state index in [1.165, 1.54) is 32.4 Å². The molecule has 2 unspecified atom stereocenters. The van der Waals surface area contributed by atoms with Crippen molar-refractivity contribution in [1.29, 1.82) is 0 Å². The van der Waals surface area contributed by atoms with Gasteiger partial charge in [0.2, 0.25) is 5.91 Å². The highest BCUT2D eigenvalue weighted by Gasteiger charge is 2.25. The van der Waals surface area contributed by atoms with Gasteiger partial charge in [0.1, 0.15) is 11.9 Å². The standard InChI is InChI=1S/C13H17NO6/c1-19-7-3-4-8(9(5-7)13(14)18)12(17)10(15)6-11(16)20-2/h3-5,10,12,15,17H,6H2,1-2H3,(H2,14,18). The lowest BCUT2D eigenvalue weighted by Gasteiger charge is -2.19. The third kappa shape index (κ3) is 3.69.